The van der Waals surface area contributed by atoms with Gasteiger partial charge in [0.1, 0.15) is 5.75 Å². The minimum atomic E-state index is -3.54. The Hall–Kier alpha value is -2.01. The Morgan fingerprint density at radius 3 is 2.55 bits per heavy atom. The molecular formula is C17H19NO3S. The fourth-order valence-corrected chi connectivity index (χ4v) is 4.64. The molecule has 0 saturated carbocycles. The van der Waals surface area contributed by atoms with Gasteiger partial charge in [-0.05, 0) is 55.2 Å². The highest BCUT2D eigenvalue weighted by Gasteiger charge is 2.32. The molecule has 0 radical (unpaired) electrons. The van der Waals surface area contributed by atoms with Gasteiger partial charge in [0.25, 0.3) is 10.0 Å². The van der Waals surface area contributed by atoms with Crippen LogP contribution in [0.25, 0.3) is 0 Å². The second-order valence-electron chi connectivity index (χ2n) is 5.54. The van der Waals surface area contributed by atoms with Gasteiger partial charge < -0.3 is 4.74 Å². The van der Waals surface area contributed by atoms with E-state index in [1.165, 1.54) is 4.31 Å². The second-order valence-corrected chi connectivity index (χ2v) is 7.40. The van der Waals surface area contributed by atoms with Crippen molar-refractivity contribution in [3.8, 4) is 5.75 Å². The predicted octanol–water partition coefficient (Wildman–Crippen LogP) is 3.06. The van der Waals surface area contributed by atoms with Gasteiger partial charge in [-0.25, -0.2) is 8.42 Å². The normalized spacial score (nSPS) is 14.0. The molecular weight excluding hydrogens is 298 g/mol. The van der Waals surface area contributed by atoms with Crippen molar-refractivity contribution < 1.29 is 13.2 Å². The fraction of sp³-hybridized carbons (Fsp3) is 0.294. The summed E-state index contributed by atoms with van der Waals surface area (Å²) in [7, 11) is -1.96. The van der Waals surface area contributed by atoms with Crippen molar-refractivity contribution in [3.63, 3.8) is 0 Å². The van der Waals surface area contributed by atoms with Crippen LogP contribution in [-0.4, -0.2) is 22.1 Å². The van der Waals surface area contributed by atoms with Crippen molar-refractivity contribution in [2.45, 2.75) is 25.2 Å². The van der Waals surface area contributed by atoms with Gasteiger partial charge in [0.2, 0.25) is 0 Å². The molecule has 0 saturated heterocycles. The lowest BCUT2D eigenvalue weighted by Crippen LogP contribution is -2.29. The maximum absolute atomic E-state index is 13.0. The summed E-state index contributed by atoms with van der Waals surface area (Å²) < 4.78 is 32.7. The maximum Gasteiger partial charge on any atom is 0.264 e. The largest absolute Gasteiger partial charge is 0.496 e. The standard InChI is InChI=1S/C17H19NO3S/c1-12-5-4-6-14-9-10-18(17(12)14)22(19,20)15-7-8-16(21-3)13(2)11-15/h4-8,11H,9-10H2,1-3H3. The van der Waals surface area contributed by atoms with E-state index in [0.717, 1.165) is 28.8 Å². The molecule has 0 spiro atoms. The van der Waals surface area contributed by atoms with Crippen LogP contribution in [0, 0.1) is 13.8 Å². The Morgan fingerprint density at radius 2 is 1.86 bits per heavy atom. The molecule has 0 atom stereocenters. The minimum Gasteiger partial charge on any atom is -0.496 e. The topological polar surface area (TPSA) is 46.6 Å². The molecule has 0 bridgehead atoms. The Kier molecular flexibility index (Phi) is 3.60. The number of ether oxygens (including phenoxy) is 1. The van der Waals surface area contributed by atoms with Gasteiger partial charge in [-0.3, -0.25) is 4.31 Å². The van der Waals surface area contributed by atoms with E-state index in [2.05, 4.69) is 0 Å². The average molecular weight is 317 g/mol. The fourth-order valence-electron chi connectivity index (χ4n) is 2.99. The number of para-hydroxylation sites is 1. The van der Waals surface area contributed by atoms with E-state index < -0.39 is 10.0 Å². The first kappa shape index (κ1) is 14.9. The number of methoxy groups -OCH3 is 1. The molecule has 22 heavy (non-hydrogen) atoms. The number of rotatable bonds is 3. The number of nitrogens with zero attached hydrogens (tertiary/aromatic N) is 1. The van der Waals surface area contributed by atoms with E-state index in [4.69, 9.17) is 4.74 Å². The van der Waals surface area contributed by atoms with Crippen LogP contribution < -0.4 is 9.04 Å². The van der Waals surface area contributed by atoms with Crippen LogP contribution in [0.3, 0.4) is 0 Å². The Bertz CT molecular complexity index is 828. The highest BCUT2D eigenvalue weighted by Crippen LogP contribution is 2.36. The van der Waals surface area contributed by atoms with Gasteiger partial charge in [0.15, 0.2) is 0 Å². The van der Waals surface area contributed by atoms with Crippen LogP contribution in [0.15, 0.2) is 41.3 Å². The van der Waals surface area contributed by atoms with Gasteiger partial charge in [-0.15, -0.1) is 0 Å². The van der Waals surface area contributed by atoms with E-state index in [-0.39, 0.29) is 0 Å². The molecule has 2 aromatic rings. The number of benzene rings is 2. The molecule has 3 rings (SSSR count). The molecule has 1 aliphatic rings. The van der Waals surface area contributed by atoms with E-state index in [9.17, 15) is 8.42 Å². The minimum absolute atomic E-state index is 0.307. The summed E-state index contributed by atoms with van der Waals surface area (Å²) in [6, 6.07) is 10.9. The number of hydrogen-bond donors (Lipinski definition) is 0. The zero-order valence-corrected chi connectivity index (χ0v) is 13.8. The van der Waals surface area contributed by atoms with Crippen molar-refractivity contribution >= 4 is 15.7 Å². The summed E-state index contributed by atoms with van der Waals surface area (Å²) in [5.74, 6) is 0.692. The van der Waals surface area contributed by atoms with Crippen molar-refractivity contribution in [3.05, 3.63) is 53.1 Å². The summed E-state index contributed by atoms with van der Waals surface area (Å²) in [4.78, 5) is 0.307. The van der Waals surface area contributed by atoms with Gasteiger partial charge >= 0.3 is 0 Å². The van der Waals surface area contributed by atoms with Crippen LogP contribution in [0.4, 0.5) is 5.69 Å². The monoisotopic (exact) mass is 317 g/mol. The van der Waals surface area contributed by atoms with Gasteiger partial charge in [-0.1, -0.05) is 18.2 Å². The smallest absolute Gasteiger partial charge is 0.264 e. The summed E-state index contributed by atoms with van der Waals surface area (Å²) in [5, 5.41) is 0. The lowest BCUT2D eigenvalue weighted by molar-refractivity contribution is 0.411. The average Bonchev–Trinajstić information content (AvgIpc) is 2.93. The Balaban J connectivity index is 2.08. The highest BCUT2D eigenvalue weighted by atomic mass is 32.2. The van der Waals surface area contributed by atoms with Crippen LogP contribution in [0.2, 0.25) is 0 Å². The third-order valence-electron chi connectivity index (χ3n) is 4.11. The van der Waals surface area contributed by atoms with Crippen LogP contribution in [-0.2, 0) is 16.4 Å². The molecule has 0 amide bonds. The van der Waals surface area contributed by atoms with Gasteiger partial charge in [-0.2, -0.15) is 0 Å². The first-order valence-electron chi connectivity index (χ1n) is 7.21. The lowest BCUT2D eigenvalue weighted by Gasteiger charge is -2.21. The number of fused-ring (bicyclic) bond motifs is 1. The SMILES string of the molecule is COc1ccc(S(=O)(=O)N2CCc3cccc(C)c32)cc1C. The number of anilines is 1. The summed E-state index contributed by atoms with van der Waals surface area (Å²) in [6.07, 6.45) is 0.755. The molecule has 116 valence electrons. The summed E-state index contributed by atoms with van der Waals surface area (Å²) >= 11 is 0. The lowest BCUT2D eigenvalue weighted by atomic mass is 10.1. The molecule has 0 N–H and O–H groups in total. The molecule has 5 heteroatoms. The number of aryl methyl sites for hydroxylation is 2. The molecule has 1 aliphatic heterocycles. The Morgan fingerprint density at radius 1 is 1.09 bits per heavy atom. The molecule has 0 aromatic heterocycles. The summed E-state index contributed by atoms with van der Waals surface area (Å²) in [6.45, 7) is 4.29. The maximum atomic E-state index is 13.0. The van der Waals surface area contributed by atoms with E-state index in [1.54, 1.807) is 25.3 Å². The van der Waals surface area contributed by atoms with Crippen molar-refractivity contribution in [2.24, 2.45) is 0 Å². The van der Waals surface area contributed by atoms with Crippen LogP contribution in [0.1, 0.15) is 16.7 Å². The van der Waals surface area contributed by atoms with Crippen LogP contribution in [0.5, 0.6) is 5.75 Å². The van der Waals surface area contributed by atoms with Gasteiger partial charge in [0.05, 0.1) is 17.7 Å². The van der Waals surface area contributed by atoms with E-state index in [0.29, 0.717) is 17.2 Å². The number of hydrogen-bond acceptors (Lipinski definition) is 3. The van der Waals surface area contributed by atoms with E-state index in [1.807, 2.05) is 32.0 Å². The van der Waals surface area contributed by atoms with Crippen molar-refractivity contribution in [1.82, 2.24) is 0 Å². The molecule has 0 fully saturated rings. The van der Waals surface area contributed by atoms with Crippen LogP contribution >= 0.6 is 0 Å². The molecule has 0 aliphatic carbocycles. The van der Waals surface area contributed by atoms with Crippen molar-refractivity contribution in [2.75, 3.05) is 18.0 Å². The molecule has 1 heterocycles. The number of sulfonamides is 1. The zero-order valence-electron chi connectivity index (χ0n) is 13.0. The van der Waals surface area contributed by atoms with E-state index >= 15 is 0 Å². The van der Waals surface area contributed by atoms with Crippen molar-refractivity contribution in [1.29, 1.82) is 0 Å². The molecule has 4 nitrogen and oxygen atoms in total. The second kappa shape index (κ2) is 5.32. The van der Waals surface area contributed by atoms with Gasteiger partial charge in [0, 0.05) is 6.54 Å². The molecule has 0 unspecified atom stereocenters. The predicted molar refractivity (Wildman–Crippen MR) is 87.1 cm³/mol. The quantitative estimate of drug-likeness (QED) is 0.874. The summed E-state index contributed by atoms with van der Waals surface area (Å²) in [5.41, 5.74) is 3.72. The first-order valence-corrected chi connectivity index (χ1v) is 8.65. The Labute approximate surface area is 131 Å². The highest BCUT2D eigenvalue weighted by molar-refractivity contribution is 7.92. The molecule has 2 aromatic carbocycles. The third-order valence-corrected chi connectivity index (χ3v) is 5.90. The zero-order chi connectivity index (χ0) is 15.9. The third kappa shape index (κ3) is 2.25. The first-order chi connectivity index (χ1) is 10.4.